The highest BCUT2D eigenvalue weighted by molar-refractivity contribution is 6.32. The lowest BCUT2D eigenvalue weighted by Crippen LogP contribution is -2.44. The first-order valence-corrected chi connectivity index (χ1v) is 7.09. The van der Waals surface area contributed by atoms with Gasteiger partial charge in [-0.1, -0.05) is 23.7 Å². The van der Waals surface area contributed by atoms with Crippen molar-refractivity contribution in [2.45, 2.75) is 18.9 Å². The van der Waals surface area contributed by atoms with Crippen molar-refractivity contribution in [2.75, 3.05) is 13.7 Å². The molecule has 8 heteroatoms. The van der Waals surface area contributed by atoms with E-state index in [2.05, 4.69) is 4.74 Å². The minimum atomic E-state index is -2.75. The summed E-state index contributed by atoms with van der Waals surface area (Å²) >= 11 is 5.96. The third-order valence-electron chi connectivity index (χ3n) is 3.22. The van der Waals surface area contributed by atoms with Crippen molar-refractivity contribution >= 4 is 23.5 Å². The van der Waals surface area contributed by atoms with Gasteiger partial charge in [0.2, 0.25) is 6.43 Å². The molecule has 0 radical (unpaired) electrons. The molecule has 124 valence electrons. The number of esters is 1. The second kappa shape index (κ2) is 7.41. The van der Waals surface area contributed by atoms with Gasteiger partial charge in [0.15, 0.2) is 0 Å². The Hall–Kier alpha value is -2.15. The van der Waals surface area contributed by atoms with E-state index in [1.807, 2.05) is 0 Å². The Kier molecular flexibility index (Phi) is 5.54. The molecule has 0 aromatic heterocycles. The Morgan fingerprint density at radius 3 is 2.70 bits per heavy atom. The number of rotatable bonds is 6. The molecular formula is C15H14ClF2NO4. The van der Waals surface area contributed by atoms with E-state index in [1.165, 1.54) is 0 Å². The largest absolute Gasteiger partial charge is 0.467 e. The Morgan fingerprint density at radius 1 is 1.39 bits per heavy atom. The summed E-state index contributed by atoms with van der Waals surface area (Å²) in [6.45, 7) is -0.115. The van der Waals surface area contributed by atoms with Gasteiger partial charge in [-0.3, -0.25) is 4.79 Å². The average Bonchev–Trinajstić information content (AvgIpc) is 2.86. The molecule has 23 heavy (non-hydrogen) atoms. The van der Waals surface area contributed by atoms with Crippen LogP contribution in [0, 0.1) is 0 Å². The van der Waals surface area contributed by atoms with Crippen LogP contribution in [0.15, 0.2) is 36.1 Å². The molecule has 0 saturated heterocycles. The first kappa shape index (κ1) is 17.2. The summed E-state index contributed by atoms with van der Waals surface area (Å²) in [6, 6.07) is 5.26. The van der Waals surface area contributed by atoms with Crippen molar-refractivity contribution < 1.29 is 27.8 Å². The molecule has 1 aliphatic rings. The van der Waals surface area contributed by atoms with Gasteiger partial charge in [-0.25, -0.2) is 13.6 Å². The van der Waals surface area contributed by atoms with Gasteiger partial charge in [-0.05, 0) is 12.1 Å². The zero-order valence-electron chi connectivity index (χ0n) is 12.2. The molecule has 1 amide bonds. The monoisotopic (exact) mass is 345 g/mol. The maximum absolute atomic E-state index is 12.6. The second-order valence-electron chi connectivity index (χ2n) is 4.78. The van der Waals surface area contributed by atoms with E-state index in [-0.39, 0.29) is 12.3 Å². The molecule has 1 heterocycles. The van der Waals surface area contributed by atoms with Crippen LogP contribution in [-0.4, -0.2) is 42.9 Å². The Morgan fingerprint density at radius 2 is 2.09 bits per heavy atom. The number of benzene rings is 1. The van der Waals surface area contributed by atoms with E-state index < -0.39 is 30.8 Å². The summed E-state index contributed by atoms with van der Waals surface area (Å²) in [5.74, 6) is -0.945. The van der Waals surface area contributed by atoms with Gasteiger partial charge in [-0.15, -0.1) is 0 Å². The molecule has 0 spiro atoms. The van der Waals surface area contributed by atoms with Crippen LogP contribution in [0.3, 0.4) is 0 Å². The average molecular weight is 346 g/mol. The summed E-state index contributed by atoms with van der Waals surface area (Å²) in [5.41, 5.74) is 0. The first-order valence-electron chi connectivity index (χ1n) is 6.72. The number of methoxy groups -OCH3 is 1. The Bertz CT molecular complexity index is 636. The predicted molar refractivity (Wildman–Crippen MR) is 78.3 cm³/mol. The minimum Gasteiger partial charge on any atom is -0.467 e. The van der Waals surface area contributed by atoms with E-state index in [4.69, 9.17) is 16.3 Å². The van der Waals surface area contributed by atoms with Crippen LogP contribution in [0.2, 0.25) is 5.02 Å². The maximum atomic E-state index is 12.6. The van der Waals surface area contributed by atoms with Crippen LogP contribution in [0.5, 0.6) is 5.75 Å². The van der Waals surface area contributed by atoms with E-state index in [1.54, 1.807) is 24.3 Å². The summed E-state index contributed by atoms with van der Waals surface area (Å²) in [7, 11) is 1.08. The molecule has 0 bridgehead atoms. The molecule has 2 rings (SSSR count). The van der Waals surface area contributed by atoms with Gasteiger partial charge in [0.25, 0.3) is 5.91 Å². The van der Waals surface area contributed by atoms with Crippen LogP contribution in [0.25, 0.3) is 0 Å². The number of hydrogen-bond donors (Lipinski definition) is 0. The number of nitrogens with zero attached hydrogens (tertiary/aromatic N) is 1. The number of alkyl halides is 2. The van der Waals surface area contributed by atoms with Gasteiger partial charge in [-0.2, -0.15) is 0 Å². The van der Waals surface area contributed by atoms with E-state index in [0.29, 0.717) is 10.8 Å². The number of ether oxygens (including phenoxy) is 2. The molecule has 1 unspecified atom stereocenters. The molecule has 5 nitrogen and oxygen atoms in total. The van der Waals surface area contributed by atoms with E-state index in [9.17, 15) is 18.4 Å². The van der Waals surface area contributed by atoms with Crippen LogP contribution in [-0.2, 0) is 14.3 Å². The number of carbonyl (C=O) groups excluding carboxylic acids is 2. The molecule has 0 saturated carbocycles. The van der Waals surface area contributed by atoms with Crippen molar-refractivity contribution in [3.05, 3.63) is 41.1 Å². The number of para-hydroxylation sites is 1. The van der Waals surface area contributed by atoms with Crippen molar-refractivity contribution in [2.24, 2.45) is 0 Å². The molecule has 0 aliphatic carbocycles. The molecule has 1 aliphatic heterocycles. The first-order chi connectivity index (χ1) is 10.9. The fraction of sp³-hybridized carbons (Fsp3) is 0.333. The van der Waals surface area contributed by atoms with E-state index in [0.717, 1.165) is 18.1 Å². The smallest absolute Gasteiger partial charge is 0.328 e. The SMILES string of the molecule is COC(=O)C(CC(F)F)N1CC(Oc2ccccc2Cl)=CC1=O. The van der Waals surface area contributed by atoms with Gasteiger partial charge in [0.1, 0.15) is 17.6 Å². The molecular weight excluding hydrogens is 332 g/mol. The third kappa shape index (κ3) is 4.19. The number of carbonyl (C=O) groups is 2. The van der Waals surface area contributed by atoms with Crippen LogP contribution >= 0.6 is 11.6 Å². The van der Waals surface area contributed by atoms with Crippen molar-refractivity contribution in [3.63, 3.8) is 0 Å². The van der Waals surface area contributed by atoms with Gasteiger partial charge in [0.05, 0.1) is 18.7 Å². The van der Waals surface area contributed by atoms with Gasteiger partial charge >= 0.3 is 5.97 Å². The Balaban J connectivity index is 2.11. The van der Waals surface area contributed by atoms with Crippen molar-refractivity contribution in [1.29, 1.82) is 0 Å². The minimum absolute atomic E-state index is 0.115. The van der Waals surface area contributed by atoms with Crippen LogP contribution in [0.4, 0.5) is 8.78 Å². The zero-order valence-corrected chi connectivity index (χ0v) is 12.9. The lowest BCUT2D eigenvalue weighted by Gasteiger charge is -2.25. The number of hydrogen-bond acceptors (Lipinski definition) is 4. The number of halogens is 3. The zero-order chi connectivity index (χ0) is 17.0. The molecule has 1 atom stereocenters. The van der Waals surface area contributed by atoms with Gasteiger partial charge in [0, 0.05) is 12.5 Å². The maximum Gasteiger partial charge on any atom is 0.328 e. The predicted octanol–water partition coefficient (Wildman–Crippen LogP) is 2.64. The second-order valence-corrected chi connectivity index (χ2v) is 5.18. The topological polar surface area (TPSA) is 55.8 Å². The van der Waals surface area contributed by atoms with Crippen LogP contribution < -0.4 is 4.74 Å². The molecule has 0 fully saturated rings. The third-order valence-corrected chi connectivity index (χ3v) is 3.53. The molecule has 1 aromatic rings. The standard InChI is InChI=1S/C15H14ClF2NO4/c1-22-15(21)11(7-13(17)18)19-8-9(6-14(19)20)23-12-5-3-2-4-10(12)16/h2-6,11,13H,7-8H2,1H3. The highest BCUT2D eigenvalue weighted by atomic mass is 35.5. The van der Waals surface area contributed by atoms with Crippen molar-refractivity contribution in [1.82, 2.24) is 4.90 Å². The molecule has 1 aromatic carbocycles. The Labute approximate surface area is 136 Å². The summed E-state index contributed by atoms with van der Waals surface area (Å²) in [5, 5.41) is 0.344. The van der Waals surface area contributed by atoms with E-state index >= 15 is 0 Å². The fourth-order valence-corrected chi connectivity index (χ4v) is 2.34. The summed E-state index contributed by atoms with van der Waals surface area (Å²) < 4.78 is 35.3. The number of amides is 1. The quantitative estimate of drug-likeness (QED) is 0.744. The fourth-order valence-electron chi connectivity index (χ4n) is 2.16. The normalized spacial score (nSPS) is 15.6. The lowest BCUT2D eigenvalue weighted by atomic mass is 10.2. The summed E-state index contributed by atoms with van der Waals surface area (Å²) in [6.07, 6.45) is -2.41. The highest BCUT2D eigenvalue weighted by Crippen LogP contribution is 2.27. The van der Waals surface area contributed by atoms with Gasteiger partial charge < -0.3 is 14.4 Å². The highest BCUT2D eigenvalue weighted by Gasteiger charge is 2.36. The van der Waals surface area contributed by atoms with Crippen LogP contribution in [0.1, 0.15) is 6.42 Å². The van der Waals surface area contributed by atoms with Crippen molar-refractivity contribution in [3.8, 4) is 5.75 Å². The summed E-state index contributed by atoms with van der Waals surface area (Å²) in [4.78, 5) is 24.6. The lowest BCUT2D eigenvalue weighted by molar-refractivity contribution is -0.152. The molecule has 0 N–H and O–H groups in total.